The Bertz CT molecular complexity index is 926. The predicted molar refractivity (Wildman–Crippen MR) is 107 cm³/mol. The minimum atomic E-state index is -0.411. The minimum Gasteiger partial charge on any atom is -0.465 e. The van der Waals surface area contributed by atoms with E-state index in [1.165, 1.54) is 7.11 Å². The Balaban J connectivity index is 1.77. The largest absolute Gasteiger partial charge is 0.465 e. The molecule has 0 atom stereocenters. The standard InChI is InChI=1S/C20H21N5O2/c1-25(2)15-10-8-14(9-11-15)22-20-21-13-12-18(24-20)23-17-7-5-4-6-16(17)19(26)27-3/h4-13H,1-3H3,(H2,21,22,23,24). The molecule has 0 unspecified atom stereocenters. The van der Waals surface area contributed by atoms with Crippen LogP contribution in [-0.2, 0) is 4.74 Å². The number of para-hydroxylation sites is 1. The van der Waals surface area contributed by atoms with E-state index >= 15 is 0 Å². The van der Waals surface area contributed by atoms with Crippen LogP contribution in [0, 0.1) is 0 Å². The van der Waals surface area contributed by atoms with E-state index in [4.69, 9.17) is 4.74 Å². The summed E-state index contributed by atoms with van der Waals surface area (Å²) in [7, 11) is 5.34. The van der Waals surface area contributed by atoms with Crippen LogP contribution in [0.25, 0.3) is 0 Å². The van der Waals surface area contributed by atoms with Crippen molar-refractivity contribution in [2.45, 2.75) is 0 Å². The van der Waals surface area contributed by atoms with Crippen LogP contribution < -0.4 is 15.5 Å². The molecule has 1 aromatic heterocycles. The van der Waals surface area contributed by atoms with E-state index in [-0.39, 0.29) is 0 Å². The third-order valence-electron chi connectivity index (χ3n) is 3.89. The van der Waals surface area contributed by atoms with Crippen molar-refractivity contribution in [3.63, 3.8) is 0 Å². The molecule has 0 aliphatic heterocycles. The zero-order valence-electron chi connectivity index (χ0n) is 15.4. The Labute approximate surface area is 158 Å². The lowest BCUT2D eigenvalue weighted by atomic mass is 10.2. The molecule has 7 heteroatoms. The maximum absolute atomic E-state index is 11.9. The topological polar surface area (TPSA) is 79.4 Å². The lowest BCUT2D eigenvalue weighted by Gasteiger charge is -2.13. The average molecular weight is 363 g/mol. The van der Waals surface area contributed by atoms with Crippen LogP contribution in [0.2, 0.25) is 0 Å². The van der Waals surface area contributed by atoms with Gasteiger partial charge in [-0.15, -0.1) is 0 Å². The number of methoxy groups -OCH3 is 1. The van der Waals surface area contributed by atoms with E-state index in [1.807, 2.05) is 49.3 Å². The number of esters is 1. The second kappa shape index (κ2) is 8.18. The van der Waals surface area contributed by atoms with Gasteiger partial charge < -0.3 is 20.3 Å². The lowest BCUT2D eigenvalue weighted by molar-refractivity contribution is 0.0602. The van der Waals surface area contributed by atoms with Gasteiger partial charge in [0.2, 0.25) is 5.95 Å². The number of benzene rings is 2. The van der Waals surface area contributed by atoms with Crippen molar-refractivity contribution >= 4 is 34.8 Å². The molecule has 0 radical (unpaired) electrons. The molecule has 0 saturated heterocycles. The predicted octanol–water partition coefficient (Wildman–Crippen LogP) is 3.82. The molecule has 2 aromatic carbocycles. The first-order valence-electron chi connectivity index (χ1n) is 8.38. The van der Waals surface area contributed by atoms with Crippen molar-refractivity contribution in [1.82, 2.24) is 9.97 Å². The molecule has 138 valence electrons. The Hall–Kier alpha value is -3.61. The van der Waals surface area contributed by atoms with Crippen molar-refractivity contribution in [3.05, 3.63) is 66.4 Å². The second-order valence-corrected chi connectivity index (χ2v) is 5.99. The summed E-state index contributed by atoms with van der Waals surface area (Å²) in [5.41, 5.74) is 3.04. The van der Waals surface area contributed by atoms with Gasteiger partial charge in [0.05, 0.1) is 18.4 Å². The number of ether oxygens (including phenoxy) is 1. The van der Waals surface area contributed by atoms with Crippen LogP contribution in [0.3, 0.4) is 0 Å². The first-order valence-corrected chi connectivity index (χ1v) is 8.38. The van der Waals surface area contributed by atoms with Crippen molar-refractivity contribution in [2.75, 3.05) is 36.7 Å². The van der Waals surface area contributed by atoms with Crippen LogP contribution in [-0.4, -0.2) is 37.1 Å². The number of nitrogens with zero attached hydrogens (tertiary/aromatic N) is 3. The molecule has 0 aliphatic carbocycles. The summed E-state index contributed by atoms with van der Waals surface area (Å²) in [6.07, 6.45) is 1.65. The third kappa shape index (κ3) is 4.52. The van der Waals surface area contributed by atoms with Crippen LogP contribution >= 0.6 is 0 Å². The maximum atomic E-state index is 11.9. The summed E-state index contributed by atoms with van der Waals surface area (Å²) in [4.78, 5) is 22.6. The number of aromatic nitrogens is 2. The number of hydrogen-bond acceptors (Lipinski definition) is 7. The monoisotopic (exact) mass is 363 g/mol. The molecule has 0 bridgehead atoms. The number of nitrogens with one attached hydrogen (secondary N) is 2. The van der Waals surface area contributed by atoms with Crippen molar-refractivity contribution < 1.29 is 9.53 Å². The molecule has 0 fully saturated rings. The molecule has 0 spiro atoms. The van der Waals surface area contributed by atoms with Crippen LogP contribution in [0.5, 0.6) is 0 Å². The smallest absolute Gasteiger partial charge is 0.339 e. The summed E-state index contributed by atoms with van der Waals surface area (Å²) in [6.45, 7) is 0. The number of rotatable bonds is 6. The first-order chi connectivity index (χ1) is 13.1. The summed E-state index contributed by atoms with van der Waals surface area (Å²) < 4.78 is 4.82. The highest BCUT2D eigenvalue weighted by Crippen LogP contribution is 2.22. The highest BCUT2D eigenvalue weighted by molar-refractivity contribution is 5.96. The zero-order valence-corrected chi connectivity index (χ0v) is 15.4. The molecule has 27 heavy (non-hydrogen) atoms. The highest BCUT2D eigenvalue weighted by atomic mass is 16.5. The van der Waals surface area contributed by atoms with Gasteiger partial charge in [0.1, 0.15) is 5.82 Å². The van der Waals surface area contributed by atoms with Crippen molar-refractivity contribution in [3.8, 4) is 0 Å². The van der Waals surface area contributed by atoms with Gasteiger partial charge in [-0.1, -0.05) is 12.1 Å². The molecule has 2 N–H and O–H groups in total. The second-order valence-electron chi connectivity index (χ2n) is 5.99. The Morgan fingerprint density at radius 3 is 2.44 bits per heavy atom. The molecule has 1 heterocycles. The average Bonchev–Trinajstić information content (AvgIpc) is 2.68. The molecule has 3 rings (SSSR count). The number of anilines is 5. The third-order valence-corrected chi connectivity index (χ3v) is 3.89. The van der Waals surface area contributed by atoms with Gasteiger partial charge in [-0.25, -0.2) is 9.78 Å². The molecule has 0 amide bonds. The van der Waals surface area contributed by atoms with Gasteiger partial charge in [-0.05, 0) is 42.5 Å². The molecular formula is C20H21N5O2. The summed E-state index contributed by atoms with van der Waals surface area (Å²) in [5, 5.41) is 6.31. The van der Waals surface area contributed by atoms with Crippen LogP contribution in [0.15, 0.2) is 60.8 Å². The maximum Gasteiger partial charge on any atom is 0.339 e. The van der Waals surface area contributed by atoms with Gasteiger partial charge in [0, 0.05) is 31.7 Å². The molecular weight excluding hydrogens is 342 g/mol. The Morgan fingerprint density at radius 2 is 1.74 bits per heavy atom. The summed E-state index contributed by atoms with van der Waals surface area (Å²) in [5.74, 6) is 0.605. The normalized spacial score (nSPS) is 10.2. The van der Waals surface area contributed by atoms with Gasteiger partial charge in [0.15, 0.2) is 0 Å². The number of hydrogen-bond donors (Lipinski definition) is 2. The van der Waals surface area contributed by atoms with Crippen LogP contribution in [0.4, 0.5) is 28.8 Å². The van der Waals surface area contributed by atoms with E-state index < -0.39 is 5.97 Å². The Morgan fingerprint density at radius 1 is 1.00 bits per heavy atom. The van der Waals surface area contributed by atoms with Crippen molar-refractivity contribution in [1.29, 1.82) is 0 Å². The lowest BCUT2D eigenvalue weighted by Crippen LogP contribution is -2.08. The summed E-state index contributed by atoms with van der Waals surface area (Å²) in [6, 6.07) is 16.8. The fourth-order valence-electron chi connectivity index (χ4n) is 2.48. The SMILES string of the molecule is COC(=O)c1ccccc1Nc1ccnc(Nc2ccc(N(C)C)cc2)n1. The fraction of sp³-hybridized carbons (Fsp3) is 0.150. The molecule has 0 aliphatic rings. The molecule has 3 aromatic rings. The van der Waals surface area contributed by atoms with Gasteiger partial charge in [-0.3, -0.25) is 0 Å². The van der Waals surface area contributed by atoms with Gasteiger partial charge >= 0.3 is 5.97 Å². The van der Waals surface area contributed by atoms with Gasteiger partial charge in [0.25, 0.3) is 0 Å². The Kier molecular flexibility index (Phi) is 5.51. The molecule has 7 nitrogen and oxygen atoms in total. The van der Waals surface area contributed by atoms with E-state index in [2.05, 4.69) is 20.6 Å². The van der Waals surface area contributed by atoms with E-state index in [0.29, 0.717) is 23.0 Å². The quantitative estimate of drug-likeness (QED) is 0.645. The minimum absolute atomic E-state index is 0.411. The van der Waals surface area contributed by atoms with Gasteiger partial charge in [-0.2, -0.15) is 4.98 Å². The summed E-state index contributed by atoms with van der Waals surface area (Å²) >= 11 is 0. The highest BCUT2D eigenvalue weighted by Gasteiger charge is 2.11. The first kappa shape index (κ1) is 18.2. The number of carbonyl (C=O) groups is 1. The zero-order chi connectivity index (χ0) is 19.2. The van der Waals surface area contributed by atoms with Crippen LogP contribution in [0.1, 0.15) is 10.4 Å². The molecule has 0 saturated carbocycles. The fourth-order valence-corrected chi connectivity index (χ4v) is 2.48. The van der Waals surface area contributed by atoms with E-state index in [0.717, 1.165) is 11.4 Å². The van der Waals surface area contributed by atoms with Crippen molar-refractivity contribution in [2.24, 2.45) is 0 Å². The van der Waals surface area contributed by atoms with E-state index in [1.54, 1.807) is 30.5 Å². The van der Waals surface area contributed by atoms with E-state index in [9.17, 15) is 4.79 Å². The number of carbonyl (C=O) groups excluding carboxylic acids is 1.